The fraction of sp³-hybridized carbons (Fsp3) is 0.500. The van der Waals surface area contributed by atoms with Crippen LogP contribution in [-0.2, 0) is 17.6 Å². The number of ether oxygens (including phenoxy) is 1. The van der Waals surface area contributed by atoms with E-state index in [2.05, 4.69) is 15.4 Å². The molecule has 1 N–H and O–H groups in total. The first kappa shape index (κ1) is 22.9. The number of hydrogen-bond donors (Lipinski definition) is 1. The number of esters is 1. The van der Waals surface area contributed by atoms with E-state index in [0.29, 0.717) is 22.7 Å². The number of alkyl halides is 2. The van der Waals surface area contributed by atoms with Gasteiger partial charge in [-0.2, -0.15) is 5.10 Å². The van der Waals surface area contributed by atoms with Crippen LogP contribution in [0, 0.1) is 0 Å². The molecule has 180 valence electrons. The van der Waals surface area contributed by atoms with Crippen molar-refractivity contribution < 1.29 is 23.1 Å². The number of fused-ring (bicyclic) bond motifs is 2. The Hall–Kier alpha value is -2.88. The summed E-state index contributed by atoms with van der Waals surface area (Å²) in [7, 11) is 0. The molecule has 0 radical (unpaired) electrons. The fourth-order valence-electron chi connectivity index (χ4n) is 4.23. The third-order valence-corrected chi connectivity index (χ3v) is 7.62. The van der Waals surface area contributed by atoms with Crippen molar-refractivity contribution in [2.45, 2.75) is 77.2 Å². The number of anilines is 1. The standard InChI is InChI=1S/C24H26F2N4O3S/c1-3-12(2)33-24(32)20-14-6-4-5-7-18(14)34-23(20)28-22(31)16-11-19-27-15(13-8-9-13)10-17(21(25)26)30(19)29-16/h10-13,21H,3-9H2,1-2H3,(H,28,31). The molecule has 10 heteroatoms. The van der Waals surface area contributed by atoms with Gasteiger partial charge in [-0.25, -0.2) is 23.1 Å². The van der Waals surface area contributed by atoms with E-state index in [1.54, 1.807) is 0 Å². The molecule has 7 nitrogen and oxygen atoms in total. The van der Waals surface area contributed by atoms with Gasteiger partial charge in [-0.15, -0.1) is 11.3 Å². The molecule has 0 saturated heterocycles. The third-order valence-electron chi connectivity index (χ3n) is 6.41. The molecule has 34 heavy (non-hydrogen) atoms. The Morgan fingerprint density at radius 1 is 1.26 bits per heavy atom. The molecule has 3 aromatic heterocycles. The van der Waals surface area contributed by atoms with Crippen LogP contribution in [0.15, 0.2) is 12.1 Å². The van der Waals surface area contributed by atoms with Gasteiger partial charge in [0, 0.05) is 22.6 Å². The highest BCUT2D eigenvalue weighted by Gasteiger charge is 2.30. The van der Waals surface area contributed by atoms with Crippen LogP contribution in [0.3, 0.4) is 0 Å². The molecule has 1 atom stereocenters. The van der Waals surface area contributed by atoms with Gasteiger partial charge in [-0.3, -0.25) is 4.79 Å². The Labute approximate surface area is 199 Å². The Kier molecular flexibility index (Phi) is 6.09. The van der Waals surface area contributed by atoms with Gasteiger partial charge in [0.15, 0.2) is 11.3 Å². The summed E-state index contributed by atoms with van der Waals surface area (Å²) in [6.45, 7) is 3.76. The first-order valence-corrected chi connectivity index (χ1v) is 12.5. The topological polar surface area (TPSA) is 85.6 Å². The monoisotopic (exact) mass is 488 g/mol. The van der Waals surface area contributed by atoms with Crippen LogP contribution in [0.1, 0.15) is 101 Å². The van der Waals surface area contributed by atoms with E-state index in [0.717, 1.165) is 53.5 Å². The number of carbonyl (C=O) groups excluding carboxylic acids is 2. The second kappa shape index (κ2) is 9.05. The van der Waals surface area contributed by atoms with Crippen molar-refractivity contribution in [1.82, 2.24) is 14.6 Å². The zero-order valence-electron chi connectivity index (χ0n) is 19.1. The number of aryl methyl sites for hydroxylation is 1. The van der Waals surface area contributed by atoms with Crippen molar-refractivity contribution in [3.05, 3.63) is 45.2 Å². The second-order valence-corrected chi connectivity index (χ2v) is 10.1. The van der Waals surface area contributed by atoms with Gasteiger partial charge in [-0.05, 0) is 63.5 Å². The first-order chi connectivity index (χ1) is 16.4. The highest BCUT2D eigenvalue weighted by Crippen LogP contribution is 2.41. The van der Waals surface area contributed by atoms with Crippen LogP contribution in [0.2, 0.25) is 0 Å². The SMILES string of the molecule is CCC(C)OC(=O)c1c(NC(=O)c2cc3nc(C4CC4)cc(C(F)F)n3n2)sc2c1CCCC2. The van der Waals surface area contributed by atoms with E-state index in [4.69, 9.17) is 4.74 Å². The quantitative estimate of drug-likeness (QED) is 0.432. The fourth-order valence-corrected chi connectivity index (χ4v) is 5.51. The van der Waals surface area contributed by atoms with E-state index in [9.17, 15) is 18.4 Å². The van der Waals surface area contributed by atoms with Crippen molar-refractivity contribution in [2.75, 3.05) is 5.32 Å². The molecule has 5 rings (SSSR count). The van der Waals surface area contributed by atoms with Crippen LogP contribution >= 0.6 is 11.3 Å². The molecule has 0 aliphatic heterocycles. The Bertz CT molecular complexity index is 1260. The Morgan fingerprint density at radius 2 is 2.03 bits per heavy atom. The molecule has 2 aliphatic carbocycles. The largest absolute Gasteiger partial charge is 0.459 e. The summed E-state index contributed by atoms with van der Waals surface area (Å²) >= 11 is 1.37. The van der Waals surface area contributed by atoms with Crippen molar-refractivity contribution in [3.63, 3.8) is 0 Å². The van der Waals surface area contributed by atoms with Gasteiger partial charge < -0.3 is 10.1 Å². The van der Waals surface area contributed by atoms with Crippen molar-refractivity contribution in [3.8, 4) is 0 Å². The maximum Gasteiger partial charge on any atom is 0.341 e. The van der Waals surface area contributed by atoms with Gasteiger partial charge in [0.2, 0.25) is 0 Å². The zero-order chi connectivity index (χ0) is 24.0. The van der Waals surface area contributed by atoms with Gasteiger partial charge in [0.05, 0.1) is 11.7 Å². The highest BCUT2D eigenvalue weighted by atomic mass is 32.1. The molecule has 3 aromatic rings. The van der Waals surface area contributed by atoms with Crippen molar-refractivity contribution in [2.24, 2.45) is 0 Å². The van der Waals surface area contributed by atoms with Gasteiger partial charge in [0.25, 0.3) is 12.3 Å². The zero-order valence-corrected chi connectivity index (χ0v) is 19.9. The summed E-state index contributed by atoms with van der Waals surface area (Å²) in [5.41, 5.74) is 1.85. The lowest BCUT2D eigenvalue weighted by Gasteiger charge is -2.15. The summed E-state index contributed by atoms with van der Waals surface area (Å²) in [4.78, 5) is 31.6. The molecule has 0 bridgehead atoms. The minimum Gasteiger partial charge on any atom is -0.459 e. The van der Waals surface area contributed by atoms with E-state index >= 15 is 0 Å². The summed E-state index contributed by atoms with van der Waals surface area (Å²) in [6.07, 6.45) is 3.14. The lowest BCUT2D eigenvalue weighted by Crippen LogP contribution is -2.19. The second-order valence-electron chi connectivity index (χ2n) is 8.97. The summed E-state index contributed by atoms with van der Waals surface area (Å²) in [5, 5.41) is 7.34. The number of rotatable bonds is 7. The van der Waals surface area contributed by atoms with Crippen LogP contribution in [-0.4, -0.2) is 32.6 Å². The van der Waals surface area contributed by atoms with Gasteiger partial charge in [0.1, 0.15) is 10.7 Å². The number of hydrogen-bond acceptors (Lipinski definition) is 6. The maximum atomic E-state index is 13.7. The number of aromatic nitrogens is 3. The number of halogens is 2. The van der Waals surface area contributed by atoms with Crippen LogP contribution in [0.5, 0.6) is 0 Å². The molecular formula is C24H26F2N4O3S. The average molecular weight is 489 g/mol. The van der Waals surface area contributed by atoms with E-state index in [1.165, 1.54) is 23.5 Å². The van der Waals surface area contributed by atoms with Gasteiger partial charge >= 0.3 is 5.97 Å². The highest BCUT2D eigenvalue weighted by molar-refractivity contribution is 7.17. The van der Waals surface area contributed by atoms with Crippen LogP contribution in [0.25, 0.3) is 5.65 Å². The normalized spacial score (nSPS) is 16.5. The number of carbonyl (C=O) groups is 2. The molecule has 0 aromatic carbocycles. The minimum absolute atomic E-state index is 0.0324. The summed E-state index contributed by atoms with van der Waals surface area (Å²) in [5.74, 6) is -0.837. The average Bonchev–Trinajstić information content (AvgIpc) is 3.47. The van der Waals surface area contributed by atoms with Crippen LogP contribution < -0.4 is 5.32 Å². The van der Waals surface area contributed by atoms with Crippen molar-refractivity contribution in [1.29, 1.82) is 0 Å². The van der Waals surface area contributed by atoms with E-state index < -0.39 is 18.3 Å². The molecule has 1 saturated carbocycles. The molecule has 1 amide bonds. The molecule has 2 aliphatic rings. The molecule has 1 fully saturated rings. The summed E-state index contributed by atoms with van der Waals surface area (Å²) in [6, 6.07) is 2.79. The van der Waals surface area contributed by atoms with Crippen LogP contribution in [0.4, 0.5) is 13.8 Å². The molecule has 3 heterocycles. The number of amides is 1. The van der Waals surface area contributed by atoms with E-state index in [1.807, 2.05) is 13.8 Å². The number of nitrogens with one attached hydrogen (secondary N) is 1. The number of nitrogens with zero attached hydrogens (tertiary/aromatic N) is 3. The minimum atomic E-state index is -2.75. The predicted octanol–water partition coefficient (Wildman–Crippen LogP) is 5.69. The van der Waals surface area contributed by atoms with Crippen molar-refractivity contribution >= 4 is 33.9 Å². The number of thiophene rings is 1. The smallest absolute Gasteiger partial charge is 0.341 e. The predicted molar refractivity (Wildman–Crippen MR) is 124 cm³/mol. The maximum absolute atomic E-state index is 13.7. The Morgan fingerprint density at radius 3 is 2.74 bits per heavy atom. The van der Waals surface area contributed by atoms with Gasteiger partial charge in [-0.1, -0.05) is 6.92 Å². The summed E-state index contributed by atoms with van der Waals surface area (Å²) < 4.78 is 34.0. The Balaban J connectivity index is 1.48. The third kappa shape index (κ3) is 4.31. The van der Waals surface area contributed by atoms with E-state index in [-0.39, 0.29) is 29.1 Å². The lowest BCUT2D eigenvalue weighted by molar-refractivity contribution is 0.0335. The first-order valence-electron chi connectivity index (χ1n) is 11.7. The lowest BCUT2D eigenvalue weighted by atomic mass is 9.95. The molecule has 0 spiro atoms. The molecule has 1 unspecified atom stereocenters. The molecular weight excluding hydrogens is 462 g/mol.